The molecule has 0 radical (unpaired) electrons. The molecule has 1 heterocycles. The van der Waals surface area contributed by atoms with Crippen LogP contribution in [0.3, 0.4) is 0 Å². The van der Waals surface area contributed by atoms with E-state index >= 15 is 0 Å². The minimum absolute atomic E-state index is 0.0218. The van der Waals surface area contributed by atoms with Gasteiger partial charge in [-0.2, -0.15) is 0 Å². The summed E-state index contributed by atoms with van der Waals surface area (Å²) in [5, 5.41) is 11.8. The zero-order chi connectivity index (χ0) is 13.8. The van der Waals surface area contributed by atoms with E-state index in [9.17, 15) is 4.79 Å². The third-order valence-corrected chi connectivity index (χ3v) is 3.62. The number of carbonyl (C=O) groups is 1. The molecular formula is C14H19N3O2. The van der Waals surface area contributed by atoms with Crippen LogP contribution in [0.2, 0.25) is 0 Å². The molecule has 0 aromatic heterocycles. The summed E-state index contributed by atoms with van der Waals surface area (Å²) < 4.78 is 0. The summed E-state index contributed by atoms with van der Waals surface area (Å²) >= 11 is 0. The van der Waals surface area contributed by atoms with E-state index in [4.69, 9.17) is 10.9 Å². The lowest BCUT2D eigenvalue weighted by Crippen LogP contribution is -2.44. The van der Waals surface area contributed by atoms with Gasteiger partial charge >= 0.3 is 0 Å². The maximum absolute atomic E-state index is 12.5. The molecule has 1 aromatic carbocycles. The molecular weight excluding hydrogens is 242 g/mol. The highest BCUT2D eigenvalue weighted by Crippen LogP contribution is 2.20. The molecule has 1 fully saturated rings. The number of rotatable bonds is 2. The Labute approximate surface area is 112 Å². The average Bonchev–Trinajstić information content (AvgIpc) is 2.46. The maximum atomic E-state index is 12.5. The molecule has 1 unspecified atom stereocenters. The van der Waals surface area contributed by atoms with E-state index in [0.717, 1.165) is 30.5 Å². The van der Waals surface area contributed by atoms with Crippen LogP contribution in [0.1, 0.15) is 28.8 Å². The van der Waals surface area contributed by atoms with E-state index in [1.807, 2.05) is 31.2 Å². The summed E-state index contributed by atoms with van der Waals surface area (Å²) in [6, 6.07) is 7.55. The van der Waals surface area contributed by atoms with Gasteiger partial charge in [-0.3, -0.25) is 4.79 Å². The second kappa shape index (κ2) is 5.73. The van der Waals surface area contributed by atoms with Crippen molar-refractivity contribution in [3.8, 4) is 0 Å². The fourth-order valence-electron chi connectivity index (χ4n) is 2.47. The number of likely N-dealkylation sites (tertiary alicyclic amines) is 1. The van der Waals surface area contributed by atoms with Gasteiger partial charge in [0.15, 0.2) is 0 Å². The first-order chi connectivity index (χ1) is 9.13. The van der Waals surface area contributed by atoms with Gasteiger partial charge in [-0.05, 0) is 31.4 Å². The number of benzene rings is 1. The van der Waals surface area contributed by atoms with Crippen molar-refractivity contribution in [3.63, 3.8) is 0 Å². The summed E-state index contributed by atoms with van der Waals surface area (Å²) in [5.41, 5.74) is 7.34. The van der Waals surface area contributed by atoms with E-state index < -0.39 is 0 Å². The molecule has 1 aromatic rings. The fraction of sp³-hybridized carbons (Fsp3) is 0.429. The number of aryl methyl sites for hydroxylation is 1. The summed E-state index contributed by atoms with van der Waals surface area (Å²) in [4.78, 5) is 14.2. The summed E-state index contributed by atoms with van der Waals surface area (Å²) in [6.07, 6.45) is 1.73. The second-order valence-electron chi connectivity index (χ2n) is 4.93. The van der Waals surface area contributed by atoms with Crippen molar-refractivity contribution in [2.75, 3.05) is 13.1 Å². The van der Waals surface area contributed by atoms with Crippen LogP contribution in [0.4, 0.5) is 0 Å². The Bertz CT molecular complexity index is 499. The maximum Gasteiger partial charge on any atom is 0.254 e. The van der Waals surface area contributed by atoms with Crippen molar-refractivity contribution in [3.05, 3.63) is 35.4 Å². The second-order valence-corrected chi connectivity index (χ2v) is 4.93. The van der Waals surface area contributed by atoms with E-state index in [1.165, 1.54) is 0 Å². The van der Waals surface area contributed by atoms with Crippen LogP contribution < -0.4 is 5.73 Å². The lowest BCUT2D eigenvalue weighted by molar-refractivity contribution is 0.0700. The molecule has 5 heteroatoms. The number of nitrogens with two attached hydrogens (primary N) is 1. The van der Waals surface area contributed by atoms with Crippen molar-refractivity contribution in [1.82, 2.24) is 4.90 Å². The van der Waals surface area contributed by atoms with Crippen LogP contribution >= 0.6 is 0 Å². The van der Waals surface area contributed by atoms with Crippen molar-refractivity contribution in [2.45, 2.75) is 19.8 Å². The van der Waals surface area contributed by atoms with E-state index in [0.29, 0.717) is 6.54 Å². The van der Waals surface area contributed by atoms with Crippen molar-refractivity contribution in [1.29, 1.82) is 0 Å². The number of hydrogen-bond acceptors (Lipinski definition) is 3. The average molecular weight is 261 g/mol. The molecule has 5 nitrogen and oxygen atoms in total. The lowest BCUT2D eigenvalue weighted by atomic mass is 9.96. The van der Waals surface area contributed by atoms with Gasteiger partial charge in [-0.15, -0.1) is 0 Å². The topological polar surface area (TPSA) is 78.9 Å². The van der Waals surface area contributed by atoms with Crippen LogP contribution in [0.5, 0.6) is 0 Å². The number of nitrogens with zero attached hydrogens (tertiary/aromatic N) is 2. The molecule has 102 valence electrons. The Hall–Kier alpha value is -2.04. The number of amides is 1. The quantitative estimate of drug-likeness (QED) is 0.367. The van der Waals surface area contributed by atoms with Gasteiger partial charge < -0.3 is 15.8 Å². The van der Waals surface area contributed by atoms with Crippen LogP contribution in [-0.4, -0.2) is 34.9 Å². The van der Waals surface area contributed by atoms with Gasteiger partial charge in [-0.25, -0.2) is 0 Å². The molecule has 0 saturated carbocycles. The third kappa shape index (κ3) is 2.86. The number of hydrogen-bond donors (Lipinski definition) is 2. The van der Waals surface area contributed by atoms with Gasteiger partial charge in [0, 0.05) is 24.6 Å². The van der Waals surface area contributed by atoms with E-state index in [2.05, 4.69) is 5.16 Å². The van der Waals surface area contributed by atoms with Crippen molar-refractivity contribution >= 4 is 11.7 Å². The van der Waals surface area contributed by atoms with Gasteiger partial charge in [0.2, 0.25) is 0 Å². The smallest absolute Gasteiger partial charge is 0.254 e. The monoisotopic (exact) mass is 261 g/mol. The summed E-state index contributed by atoms with van der Waals surface area (Å²) in [6.45, 7) is 3.17. The molecule has 0 spiro atoms. The first-order valence-electron chi connectivity index (χ1n) is 6.45. The first kappa shape index (κ1) is 13.4. The van der Waals surface area contributed by atoms with E-state index in [1.54, 1.807) is 4.90 Å². The molecule has 3 N–H and O–H groups in total. The van der Waals surface area contributed by atoms with Gasteiger partial charge in [0.1, 0.15) is 5.84 Å². The Balaban J connectivity index is 2.14. The summed E-state index contributed by atoms with van der Waals surface area (Å²) in [5.74, 6) is 0.183. The van der Waals surface area contributed by atoms with Crippen molar-refractivity contribution in [2.24, 2.45) is 16.8 Å². The minimum atomic E-state index is -0.0493. The Morgan fingerprint density at radius 3 is 2.89 bits per heavy atom. The van der Waals surface area contributed by atoms with Crippen LogP contribution in [0.15, 0.2) is 29.4 Å². The SMILES string of the molecule is Cc1ccccc1C(=O)N1CCCC(C(N)=NO)C1. The molecule has 1 aliphatic heterocycles. The van der Waals surface area contributed by atoms with Crippen LogP contribution in [0, 0.1) is 12.8 Å². The molecule has 1 amide bonds. The number of oxime groups is 1. The largest absolute Gasteiger partial charge is 0.409 e. The molecule has 0 bridgehead atoms. The highest BCUT2D eigenvalue weighted by atomic mass is 16.4. The Morgan fingerprint density at radius 1 is 1.47 bits per heavy atom. The zero-order valence-corrected chi connectivity index (χ0v) is 11.0. The summed E-state index contributed by atoms with van der Waals surface area (Å²) in [7, 11) is 0. The van der Waals surface area contributed by atoms with Crippen LogP contribution in [0.25, 0.3) is 0 Å². The Kier molecular flexibility index (Phi) is 4.04. The molecule has 2 rings (SSSR count). The molecule has 0 aliphatic carbocycles. The van der Waals surface area contributed by atoms with Gasteiger partial charge in [0.25, 0.3) is 5.91 Å². The Morgan fingerprint density at radius 2 is 2.21 bits per heavy atom. The lowest BCUT2D eigenvalue weighted by Gasteiger charge is -2.32. The molecule has 1 saturated heterocycles. The molecule has 1 aliphatic rings. The van der Waals surface area contributed by atoms with Gasteiger partial charge in [-0.1, -0.05) is 23.4 Å². The molecule has 1 atom stereocenters. The standard InChI is InChI=1S/C14H19N3O2/c1-10-5-2-3-7-12(10)14(18)17-8-4-6-11(9-17)13(15)16-19/h2-3,5,7,11,19H,4,6,8-9H2,1H3,(H2,15,16). The highest BCUT2D eigenvalue weighted by Gasteiger charge is 2.27. The van der Waals surface area contributed by atoms with Crippen LogP contribution in [-0.2, 0) is 0 Å². The predicted molar refractivity (Wildman–Crippen MR) is 73.2 cm³/mol. The fourth-order valence-corrected chi connectivity index (χ4v) is 2.47. The van der Waals surface area contributed by atoms with E-state index in [-0.39, 0.29) is 17.7 Å². The minimum Gasteiger partial charge on any atom is -0.409 e. The first-order valence-corrected chi connectivity index (χ1v) is 6.45. The van der Waals surface area contributed by atoms with Gasteiger partial charge in [0.05, 0.1) is 0 Å². The zero-order valence-electron chi connectivity index (χ0n) is 11.0. The number of amidine groups is 1. The number of carbonyl (C=O) groups excluding carboxylic acids is 1. The molecule has 19 heavy (non-hydrogen) atoms. The predicted octanol–water partition coefficient (Wildman–Crippen LogP) is 1.59. The number of piperidine rings is 1. The highest BCUT2D eigenvalue weighted by molar-refractivity contribution is 5.96. The van der Waals surface area contributed by atoms with Crippen molar-refractivity contribution < 1.29 is 10.0 Å². The third-order valence-electron chi connectivity index (χ3n) is 3.62. The normalized spacial score (nSPS) is 20.4.